The number of halogens is 2. The van der Waals surface area contributed by atoms with Crippen LogP contribution in [0.5, 0.6) is 17.2 Å². The highest BCUT2D eigenvalue weighted by atomic mass is 35.5. The van der Waals surface area contributed by atoms with Crippen molar-refractivity contribution in [3.05, 3.63) is 52.3 Å². The molecule has 0 bridgehead atoms. The monoisotopic (exact) mass is 366 g/mol. The number of benzene rings is 2. The lowest BCUT2D eigenvalue weighted by atomic mass is 10.2. The zero-order valence-corrected chi connectivity index (χ0v) is 14.3. The molecule has 3 rings (SSSR count). The minimum Gasteiger partial charge on any atom is -0.494 e. The van der Waals surface area contributed by atoms with Gasteiger partial charge in [0.15, 0.2) is 23.1 Å². The number of hydrogen-bond donors (Lipinski definition) is 0. The molecule has 1 aliphatic heterocycles. The van der Waals surface area contributed by atoms with Crippen LogP contribution in [0.3, 0.4) is 0 Å². The van der Waals surface area contributed by atoms with Gasteiger partial charge in [0, 0.05) is 6.42 Å². The molecule has 0 N–H and O–H groups in total. The quantitative estimate of drug-likeness (QED) is 0.765. The largest absolute Gasteiger partial charge is 0.494 e. The van der Waals surface area contributed by atoms with Crippen molar-refractivity contribution < 1.29 is 28.1 Å². The van der Waals surface area contributed by atoms with E-state index in [1.807, 2.05) is 0 Å². The molecule has 1 heterocycles. The van der Waals surface area contributed by atoms with Gasteiger partial charge in [-0.05, 0) is 35.9 Å². The highest BCUT2D eigenvalue weighted by Gasteiger charge is 2.17. The van der Waals surface area contributed by atoms with Gasteiger partial charge in [0.1, 0.15) is 6.61 Å². The molecule has 0 saturated heterocycles. The lowest BCUT2D eigenvalue weighted by molar-refractivity contribution is 0.0471. The number of rotatable bonds is 4. The molecule has 0 amide bonds. The van der Waals surface area contributed by atoms with Crippen LogP contribution in [0.4, 0.5) is 4.39 Å². The number of methoxy groups -OCH3 is 1. The highest BCUT2D eigenvalue weighted by molar-refractivity contribution is 6.32. The topological polar surface area (TPSA) is 54.0 Å². The van der Waals surface area contributed by atoms with Crippen molar-refractivity contribution in [2.24, 2.45) is 0 Å². The summed E-state index contributed by atoms with van der Waals surface area (Å²) in [5.74, 6) is -0.204. The predicted molar refractivity (Wildman–Crippen MR) is 89.1 cm³/mol. The zero-order chi connectivity index (χ0) is 17.8. The summed E-state index contributed by atoms with van der Waals surface area (Å²) in [5, 5.41) is 0.390. The van der Waals surface area contributed by atoms with Crippen molar-refractivity contribution in [3.8, 4) is 17.2 Å². The Hall–Kier alpha value is -2.47. The maximum absolute atomic E-state index is 13.7. The average molecular weight is 367 g/mol. The van der Waals surface area contributed by atoms with Crippen molar-refractivity contribution in [1.82, 2.24) is 0 Å². The summed E-state index contributed by atoms with van der Waals surface area (Å²) < 4.78 is 34.8. The van der Waals surface area contributed by atoms with Gasteiger partial charge in [-0.2, -0.15) is 0 Å². The van der Waals surface area contributed by atoms with Crippen LogP contribution in [0.25, 0.3) is 0 Å². The second-order valence-corrected chi connectivity index (χ2v) is 5.79. The van der Waals surface area contributed by atoms with E-state index in [4.69, 9.17) is 30.5 Å². The first kappa shape index (κ1) is 17.4. The lowest BCUT2D eigenvalue weighted by Crippen LogP contribution is -2.06. The van der Waals surface area contributed by atoms with Crippen molar-refractivity contribution in [1.29, 1.82) is 0 Å². The van der Waals surface area contributed by atoms with Gasteiger partial charge >= 0.3 is 5.97 Å². The van der Waals surface area contributed by atoms with Crippen LogP contribution in [-0.2, 0) is 11.3 Å². The number of ether oxygens (including phenoxy) is 4. The molecular formula is C18H16ClFO5. The van der Waals surface area contributed by atoms with Gasteiger partial charge in [-0.1, -0.05) is 11.6 Å². The standard InChI is InChI=1S/C18H16ClFO5/c1-22-15-4-3-12(9-14(15)20)18(21)25-10-11-7-13(19)17-16(8-11)23-5-2-6-24-17/h3-4,7-9H,2,5-6,10H2,1H3. The second kappa shape index (κ2) is 7.61. The second-order valence-electron chi connectivity index (χ2n) is 5.38. The summed E-state index contributed by atoms with van der Waals surface area (Å²) in [5.41, 5.74) is 0.746. The number of carbonyl (C=O) groups is 1. The fourth-order valence-corrected chi connectivity index (χ4v) is 2.68. The van der Waals surface area contributed by atoms with E-state index in [0.29, 0.717) is 35.3 Å². The molecule has 1 aliphatic rings. The Morgan fingerprint density at radius 3 is 2.80 bits per heavy atom. The van der Waals surface area contributed by atoms with Crippen molar-refractivity contribution >= 4 is 17.6 Å². The highest BCUT2D eigenvalue weighted by Crippen LogP contribution is 2.38. The maximum atomic E-state index is 13.7. The van der Waals surface area contributed by atoms with E-state index in [1.54, 1.807) is 12.1 Å². The summed E-state index contributed by atoms with van der Waals surface area (Å²) in [6.07, 6.45) is 0.762. The minimum absolute atomic E-state index is 0.0250. The number of esters is 1. The summed E-state index contributed by atoms with van der Waals surface area (Å²) in [7, 11) is 1.35. The molecule has 0 fully saturated rings. The molecule has 132 valence electrons. The van der Waals surface area contributed by atoms with Crippen molar-refractivity contribution in [2.45, 2.75) is 13.0 Å². The summed E-state index contributed by atoms with van der Waals surface area (Å²) >= 11 is 6.20. The molecule has 0 aliphatic carbocycles. The Morgan fingerprint density at radius 2 is 2.04 bits per heavy atom. The van der Waals surface area contributed by atoms with Crippen LogP contribution in [-0.4, -0.2) is 26.3 Å². The third-order valence-corrected chi connectivity index (χ3v) is 3.90. The zero-order valence-electron chi connectivity index (χ0n) is 13.5. The molecule has 0 aromatic heterocycles. The SMILES string of the molecule is COc1ccc(C(=O)OCc2cc(Cl)c3c(c2)OCCCO3)cc1F. The van der Waals surface area contributed by atoms with Gasteiger partial charge in [-0.3, -0.25) is 0 Å². The number of hydrogen-bond acceptors (Lipinski definition) is 5. The first-order valence-corrected chi connectivity index (χ1v) is 8.05. The maximum Gasteiger partial charge on any atom is 0.338 e. The Balaban J connectivity index is 1.71. The van der Waals surface area contributed by atoms with E-state index in [0.717, 1.165) is 12.5 Å². The van der Waals surface area contributed by atoms with Crippen LogP contribution >= 0.6 is 11.6 Å². The van der Waals surface area contributed by atoms with E-state index < -0.39 is 11.8 Å². The van der Waals surface area contributed by atoms with Crippen LogP contribution in [0.1, 0.15) is 22.3 Å². The lowest BCUT2D eigenvalue weighted by Gasteiger charge is -2.12. The average Bonchev–Trinajstić information content (AvgIpc) is 2.85. The van der Waals surface area contributed by atoms with Crippen molar-refractivity contribution in [2.75, 3.05) is 20.3 Å². The summed E-state index contributed by atoms with van der Waals surface area (Å²) in [4.78, 5) is 12.1. The van der Waals surface area contributed by atoms with Crippen LogP contribution in [0.15, 0.2) is 30.3 Å². The third-order valence-electron chi connectivity index (χ3n) is 3.62. The molecule has 2 aromatic rings. The van der Waals surface area contributed by atoms with Crippen molar-refractivity contribution in [3.63, 3.8) is 0 Å². The Bertz CT molecular complexity index is 793. The van der Waals surface area contributed by atoms with Crippen LogP contribution in [0, 0.1) is 5.82 Å². The molecule has 2 aromatic carbocycles. The molecule has 0 unspecified atom stereocenters. The van der Waals surface area contributed by atoms with Gasteiger partial charge in [0.25, 0.3) is 0 Å². The van der Waals surface area contributed by atoms with E-state index in [1.165, 1.54) is 19.2 Å². The van der Waals surface area contributed by atoms with E-state index in [2.05, 4.69) is 0 Å². The molecule has 0 atom stereocenters. The third kappa shape index (κ3) is 3.96. The molecule has 0 spiro atoms. The summed E-state index contributed by atoms with van der Waals surface area (Å²) in [6, 6.07) is 7.25. The molecule has 0 radical (unpaired) electrons. The fourth-order valence-electron chi connectivity index (χ4n) is 2.39. The molecule has 25 heavy (non-hydrogen) atoms. The van der Waals surface area contributed by atoms with Crippen LogP contribution < -0.4 is 14.2 Å². The Kier molecular flexibility index (Phi) is 5.28. The summed E-state index contributed by atoms with van der Waals surface area (Å²) in [6.45, 7) is 1.03. The normalized spacial score (nSPS) is 13.1. The van der Waals surface area contributed by atoms with Gasteiger partial charge < -0.3 is 18.9 Å². The number of fused-ring (bicyclic) bond motifs is 1. The smallest absolute Gasteiger partial charge is 0.338 e. The minimum atomic E-state index is -0.648. The molecule has 0 saturated carbocycles. The van der Waals surface area contributed by atoms with Crippen LogP contribution in [0.2, 0.25) is 5.02 Å². The van der Waals surface area contributed by atoms with Gasteiger partial charge in [-0.25, -0.2) is 9.18 Å². The molecular weight excluding hydrogens is 351 g/mol. The molecule has 5 nitrogen and oxygen atoms in total. The van der Waals surface area contributed by atoms with E-state index in [-0.39, 0.29) is 17.9 Å². The van der Waals surface area contributed by atoms with Gasteiger partial charge in [0.2, 0.25) is 0 Å². The predicted octanol–water partition coefficient (Wildman–Crippen LogP) is 4.01. The first-order chi connectivity index (χ1) is 12.1. The van der Waals surface area contributed by atoms with Gasteiger partial charge in [0.05, 0.1) is 30.9 Å². The van der Waals surface area contributed by atoms with Gasteiger partial charge in [-0.15, -0.1) is 0 Å². The Labute approximate surface area is 149 Å². The van der Waals surface area contributed by atoms with E-state index in [9.17, 15) is 9.18 Å². The number of carbonyl (C=O) groups excluding carboxylic acids is 1. The Morgan fingerprint density at radius 1 is 1.24 bits per heavy atom. The molecule has 7 heteroatoms. The first-order valence-electron chi connectivity index (χ1n) is 7.67. The fraction of sp³-hybridized carbons (Fsp3) is 0.278. The van der Waals surface area contributed by atoms with E-state index >= 15 is 0 Å².